The van der Waals surface area contributed by atoms with Crippen molar-refractivity contribution in [3.05, 3.63) is 34.9 Å². The number of phenolic OH excluding ortho intramolecular Hbond substituents is 1. The average molecular weight is 389 g/mol. The molecule has 1 aliphatic rings. The van der Waals surface area contributed by atoms with E-state index < -0.39 is 6.09 Å². The zero-order valence-corrected chi connectivity index (χ0v) is 17.9. The molecule has 0 fully saturated rings. The van der Waals surface area contributed by atoms with Gasteiger partial charge in [-0.15, -0.1) is 0 Å². The van der Waals surface area contributed by atoms with Gasteiger partial charge in [0.05, 0.1) is 0 Å². The molecule has 5 nitrogen and oxygen atoms in total. The predicted octanol–water partition coefficient (Wildman–Crippen LogP) is 4.99. The van der Waals surface area contributed by atoms with Crippen LogP contribution in [0.4, 0.5) is 4.79 Å². The normalized spacial score (nSPS) is 16.8. The number of hydrogen-bond donors (Lipinski definition) is 2. The highest BCUT2D eigenvalue weighted by Crippen LogP contribution is 2.42. The third-order valence-electron chi connectivity index (χ3n) is 5.22. The second-order valence-corrected chi connectivity index (χ2v) is 8.12. The largest absolute Gasteiger partial charge is 0.507 e. The number of benzene rings is 1. The second-order valence-electron chi connectivity index (χ2n) is 8.12. The number of nitrogens with one attached hydrogen (secondary N) is 1. The van der Waals surface area contributed by atoms with E-state index in [-0.39, 0.29) is 11.7 Å². The lowest BCUT2D eigenvalue weighted by Gasteiger charge is -2.23. The van der Waals surface area contributed by atoms with E-state index in [9.17, 15) is 9.90 Å². The second kappa shape index (κ2) is 11.1. The summed E-state index contributed by atoms with van der Waals surface area (Å²) in [6.45, 7) is 5.56. The number of ether oxygens (including phenoxy) is 1. The van der Waals surface area contributed by atoms with Crippen LogP contribution in [0.1, 0.15) is 69.4 Å². The summed E-state index contributed by atoms with van der Waals surface area (Å²) in [6, 6.07) is 3.79. The summed E-state index contributed by atoms with van der Waals surface area (Å²) in [5.41, 5.74) is 3.08. The topological polar surface area (TPSA) is 61.8 Å². The van der Waals surface area contributed by atoms with Crippen molar-refractivity contribution in [2.24, 2.45) is 0 Å². The van der Waals surface area contributed by atoms with E-state index in [2.05, 4.69) is 25.2 Å². The van der Waals surface area contributed by atoms with Crippen molar-refractivity contribution in [3.8, 4) is 11.5 Å². The summed E-state index contributed by atoms with van der Waals surface area (Å²) in [7, 11) is 3.92. The maximum Gasteiger partial charge on any atom is 0.412 e. The lowest BCUT2D eigenvalue weighted by Crippen LogP contribution is -2.33. The van der Waals surface area contributed by atoms with Crippen molar-refractivity contribution in [2.45, 2.75) is 64.7 Å². The summed E-state index contributed by atoms with van der Waals surface area (Å²) in [5.74, 6) is 0.814. The Morgan fingerprint density at radius 2 is 2.11 bits per heavy atom. The number of carbonyl (C=O) groups is 1. The Morgan fingerprint density at radius 3 is 2.79 bits per heavy atom. The highest BCUT2D eigenvalue weighted by molar-refractivity contribution is 5.71. The minimum absolute atomic E-state index is 0.0861. The Kier molecular flexibility index (Phi) is 8.84. The molecule has 1 aromatic rings. The molecule has 5 heteroatoms. The van der Waals surface area contributed by atoms with Crippen LogP contribution in [0.5, 0.6) is 11.5 Å². The number of aryl methyl sites for hydroxylation is 1. The van der Waals surface area contributed by atoms with Gasteiger partial charge in [0, 0.05) is 24.6 Å². The van der Waals surface area contributed by atoms with Crippen LogP contribution in [0.2, 0.25) is 0 Å². The first-order valence-electron chi connectivity index (χ1n) is 10.5. The van der Waals surface area contributed by atoms with Crippen molar-refractivity contribution in [1.82, 2.24) is 10.2 Å². The van der Waals surface area contributed by atoms with Crippen LogP contribution in [0.3, 0.4) is 0 Å². The average Bonchev–Trinajstić information content (AvgIpc) is 2.61. The van der Waals surface area contributed by atoms with Gasteiger partial charge in [-0.05, 0) is 70.8 Å². The van der Waals surface area contributed by atoms with Crippen LogP contribution in [0.15, 0.2) is 23.8 Å². The van der Waals surface area contributed by atoms with E-state index in [4.69, 9.17) is 4.74 Å². The number of nitrogens with zero attached hydrogens (tertiary/aromatic N) is 1. The molecule has 1 aliphatic carbocycles. The lowest BCUT2D eigenvalue weighted by atomic mass is 9.84. The molecule has 28 heavy (non-hydrogen) atoms. The molecule has 1 atom stereocenters. The van der Waals surface area contributed by atoms with Crippen molar-refractivity contribution < 1.29 is 14.6 Å². The van der Waals surface area contributed by atoms with Gasteiger partial charge in [0.15, 0.2) is 0 Å². The Labute approximate surface area is 169 Å². The summed E-state index contributed by atoms with van der Waals surface area (Å²) in [5, 5.41) is 13.6. The molecule has 0 aliphatic heterocycles. The van der Waals surface area contributed by atoms with Crippen molar-refractivity contribution in [3.63, 3.8) is 0 Å². The molecule has 0 radical (unpaired) electrons. The molecule has 0 bridgehead atoms. The molecule has 0 heterocycles. The summed E-state index contributed by atoms with van der Waals surface area (Å²) in [6.07, 6.45) is 9.09. The molecule has 0 saturated heterocycles. The summed E-state index contributed by atoms with van der Waals surface area (Å²) in [4.78, 5) is 14.3. The number of rotatable bonds is 9. The molecule has 0 saturated carbocycles. The number of hydrogen-bond acceptors (Lipinski definition) is 4. The number of phenols is 1. The van der Waals surface area contributed by atoms with Gasteiger partial charge < -0.3 is 20.1 Å². The minimum atomic E-state index is -0.468. The van der Waals surface area contributed by atoms with E-state index in [1.165, 1.54) is 5.57 Å². The maximum absolute atomic E-state index is 12.3. The van der Waals surface area contributed by atoms with Crippen LogP contribution < -0.4 is 10.1 Å². The van der Waals surface area contributed by atoms with Gasteiger partial charge in [-0.2, -0.15) is 0 Å². The third kappa shape index (κ3) is 6.86. The van der Waals surface area contributed by atoms with Crippen LogP contribution in [-0.2, 0) is 6.42 Å². The minimum Gasteiger partial charge on any atom is -0.507 e. The van der Waals surface area contributed by atoms with Gasteiger partial charge in [-0.3, -0.25) is 0 Å². The van der Waals surface area contributed by atoms with Crippen LogP contribution >= 0.6 is 0 Å². The predicted molar refractivity (Wildman–Crippen MR) is 114 cm³/mol. The van der Waals surface area contributed by atoms with E-state index in [0.717, 1.165) is 62.6 Å². The number of allylic oxidation sites excluding steroid dienone is 2. The lowest BCUT2D eigenvalue weighted by molar-refractivity contribution is 0.198. The molecule has 0 spiro atoms. The summed E-state index contributed by atoms with van der Waals surface area (Å²) < 4.78 is 5.69. The standard InChI is InChI=1S/C23H36N2O3/c1-5-6-7-10-18-15-20(26)22(19-11-8-9-17(2)14-19)21(16-18)28-23(27)24-12-13-25(3)4/h14-16,19,26H,5-13H2,1-4H3,(H,24,27)/t19-/m0/s1. The fourth-order valence-electron chi connectivity index (χ4n) is 3.70. The molecule has 1 aromatic carbocycles. The van der Waals surface area contributed by atoms with Crippen molar-refractivity contribution >= 4 is 6.09 Å². The molecular formula is C23H36N2O3. The van der Waals surface area contributed by atoms with Crippen LogP contribution in [0.25, 0.3) is 0 Å². The van der Waals surface area contributed by atoms with E-state index in [0.29, 0.717) is 12.3 Å². The number of aromatic hydroxyl groups is 1. The van der Waals surface area contributed by atoms with Gasteiger partial charge in [0.1, 0.15) is 11.5 Å². The molecule has 0 aromatic heterocycles. The molecule has 1 amide bonds. The molecule has 0 unspecified atom stereocenters. The summed E-state index contributed by atoms with van der Waals surface area (Å²) >= 11 is 0. The van der Waals surface area contributed by atoms with E-state index in [1.807, 2.05) is 31.1 Å². The fourth-order valence-corrected chi connectivity index (χ4v) is 3.70. The quantitative estimate of drug-likeness (QED) is 0.462. The Bertz CT molecular complexity index is 683. The molecule has 2 rings (SSSR count). The van der Waals surface area contributed by atoms with Gasteiger partial charge >= 0.3 is 6.09 Å². The monoisotopic (exact) mass is 388 g/mol. The highest BCUT2D eigenvalue weighted by atomic mass is 16.6. The van der Waals surface area contributed by atoms with Crippen molar-refractivity contribution in [2.75, 3.05) is 27.2 Å². The first-order valence-corrected chi connectivity index (χ1v) is 10.5. The van der Waals surface area contributed by atoms with Gasteiger partial charge in [-0.25, -0.2) is 4.79 Å². The number of unbranched alkanes of at least 4 members (excludes halogenated alkanes) is 2. The zero-order valence-electron chi connectivity index (χ0n) is 17.9. The third-order valence-corrected chi connectivity index (χ3v) is 5.22. The Hall–Kier alpha value is -2.01. The number of amides is 1. The number of carbonyl (C=O) groups excluding carboxylic acids is 1. The Morgan fingerprint density at radius 1 is 1.32 bits per heavy atom. The first-order chi connectivity index (χ1) is 13.4. The SMILES string of the molecule is CCCCCc1cc(O)c([C@@H]2C=C(C)CCC2)c(OC(=O)NCCN(C)C)c1. The highest BCUT2D eigenvalue weighted by Gasteiger charge is 2.23. The van der Waals surface area contributed by atoms with E-state index >= 15 is 0 Å². The molecular weight excluding hydrogens is 352 g/mol. The fraction of sp³-hybridized carbons (Fsp3) is 0.609. The zero-order chi connectivity index (χ0) is 20.5. The first kappa shape index (κ1) is 22.3. The molecule has 156 valence electrons. The van der Waals surface area contributed by atoms with Gasteiger partial charge in [-0.1, -0.05) is 31.4 Å². The van der Waals surface area contributed by atoms with Crippen LogP contribution in [-0.4, -0.2) is 43.3 Å². The van der Waals surface area contributed by atoms with Gasteiger partial charge in [0.25, 0.3) is 0 Å². The van der Waals surface area contributed by atoms with Crippen molar-refractivity contribution in [1.29, 1.82) is 0 Å². The smallest absolute Gasteiger partial charge is 0.412 e. The van der Waals surface area contributed by atoms with E-state index in [1.54, 1.807) is 0 Å². The maximum atomic E-state index is 12.3. The van der Waals surface area contributed by atoms with Gasteiger partial charge in [0.2, 0.25) is 0 Å². The Balaban J connectivity index is 2.24. The van der Waals surface area contributed by atoms with Crippen LogP contribution in [0, 0.1) is 0 Å². The number of likely N-dealkylation sites (N-methyl/N-ethyl adjacent to an activating group) is 1. The molecule has 2 N–H and O–H groups in total.